The average molecular weight is 168 g/mol. The molecule has 1 saturated heterocycles. The van der Waals surface area contributed by atoms with E-state index in [1.807, 2.05) is 0 Å². The van der Waals surface area contributed by atoms with Gasteiger partial charge < -0.3 is 5.32 Å². The van der Waals surface area contributed by atoms with Crippen LogP contribution in [0, 0.1) is 0 Å². The van der Waals surface area contributed by atoms with E-state index in [-0.39, 0.29) is 0 Å². The largest absolute Gasteiger partial charge is 0.308 e. The molecule has 2 aliphatic rings. The number of nitrogens with one attached hydrogen (secondary N) is 1. The molecular weight excluding hydrogens is 148 g/mol. The van der Waals surface area contributed by atoms with Crippen LogP contribution in [-0.2, 0) is 0 Å². The Labute approximate surface area is 75.3 Å². The van der Waals surface area contributed by atoms with Crippen LogP contribution in [0.25, 0.3) is 0 Å². The van der Waals surface area contributed by atoms with E-state index in [4.69, 9.17) is 0 Å². The third-order valence-corrected chi connectivity index (χ3v) is 3.34. The van der Waals surface area contributed by atoms with Crippen molar-refractivity contribution in [3.8, 4) is 0 Å². The van der Waals surface area contributed by atoms with E-state index in [9.17, 15) is 0 Å². The van der Waals surface area contributed by atoms with Gasteiger partial charge in [0.15, 0.2) is 0 Å². The van der Waals surface area contributed by atoms with Crippen LogP contribution in [-0.4, -0.2) is 35.6 Å². The van der Waals surface area contributed by atoms with Gasteiger partial charge in [-0.1, -0.05) is 0 Å². The van der Waals surface area contributed by atoms with Crippen LogP contribution in [0.2, 0.25) is 0 Å². The highest BCUT2D eigenvalue weighted by Gasteiger charge is 2.47. The first-order valence-electron chi connectivity index (χ1n) is 5.14. The fourth-order valence-electron chi connectivity index (χ4n) is 2.22. The number of nitrogens with zero attached hydrogens (tertiary/aromatic N) is 1. The summed E-state index contributed by atoms with van der Waals surface area (Å²) in [6.45, 7) is 9.38. The second-order valence-corrected chi connectivity index (χ2v) is 4.78. The molecule has 1 aliphatic heterocycles. The SMILES string of the molecule is CC(C)N1CC2(CC2)NC[C@@H]1C. The van der Waals surface area contributed by atoms with Crippen molar-refractivity contribution in [1.82, 2.24) is 10.2 Å². The lowest BCUT2D eigenvalue weighted by molar-refractivity contribution is 0.0992. The molecule has 1 N–H and O–H groups in total. The fourth-order valence-corrected chi connectivity index (χ4v) is 2.22. The van der Waals surface area contributed by atoms with Crippen molar-refractivity contribution >= 4 is 0 Å². The fraction of sp³-hybridized carbons (Fsp3) is 1.00. The second kappa shape index (κ2) is 2.71. The summed E-state index contributed by atoms with van der Waals surface area (Å²) >= 11 is 0. The summed E-state index contributed by atoms with van der Waals surface area (Å²) in [5.41, 5.74) is 0.538. The quantitative estimate of drug-likeness (QED) is 0.633. The van der Waals surface area contributed by atoms with Crippen molar-refractivity contribution < 1.29 is 0 Å². The number of hydrogen-bond donors (Lipinski definition) is 1. The molecule has 2 nitrogen and oxygen atoms in total. The van der Waals surface area contributed by atoms with E-state index in [0.717, 1.165) is 6.04 Å². The van der Waals surface area contributed by atoms with Crippen LogP contribution >= 0.6 is 0 Å². The lowest BCUT2D eigenvalue weighted by atomic mass is 10.1. The van der Waals surface area contributed by atoms with Crippen molar-refractivity contribution in [3.05, 3.63) is 0 Å². The summed E-state index contributed by atoms with van der Waals surface area (Å²) < 4.78 is 0. The van der Waals surface area contributed by atoms with Gasteiger partial charge in [-0.2, -0.15) is 0 Å². The highest BCUT2D eigenvalue weighted by atomic mass is 15.3. The van der Waals surface area contributed by atoms with Crippen LogP contribution in [0.4, 0.5) is 0 Å². The Morgan fingerprint density at radius 1 is 1.42 bits per heavy atom. The summed E-state index contributed by atoms with van der Waals surface area (Å²) in [5, 5.41) is 3.66. The van der Waals surface area contributed by atoms with Gasteiger partial charge in [0.2, 0.25) is 0 Å². The van der Waals surface area contributed by atoms with Gasteiger partial charge in [-0.3, -0.25) is 4.90 Å². The molecule has 1 atom stereocenters. The normalized spacial score (nSPS) is 34.5. The number of piperazine rings is 1. The van der Waals surface area contributed by atoms with Gasteiger partial charge in [0.25, 0.3) is 0 Å². The van der Waals surface area contributed by atoms with E-state index in [1.165, 1.54) is 25.9 Å². The third-order valence-electron chi connectivity index (χ3n) is 3.34. The molecule has 0 bridgehead atoms. The molecule has 0 unspecified atom stereocenters. The van der Waals surface area contributed by atoms with E-state index < -0.39 is 0 Å². The zero-order valence-corrected chi connectivity index (χ0v) is 8.43. The number of hydrogen-bond acceptors (Lipinski definition) is 2. The van der Waals surface area contributed by atoms with Crippen molar-refractivity contribution in [2.45, 2.75) is 51.2 Å². The van der Waals surface area contributed by atoms with Gasteiger partial charge in [-0.05, 0) is 33.6 Å². The maximum atomic E-state index is 3.66. The average Bonchev–Trinajstić information content (AvgIpc) is 2.76. The molecular formula is C10H20N2. The third kappa shape index (κ3) is 1.38. The molecule has 12 heavy (non-hydrogen) atoms. The molecule has 1 saturated carbocycles. The van der Waals surface area contributed by atoms with Gasteiger partial charge in [0.05, 0.1) is 0 Å². The molecule has 70 valence electrons. The zero-order valence-electron chi connectivity index (χ0n) is 8.43. The maximum Gasteiger partial charge on any atom is 0.0311 e. The Hall–Kier alpha value is -0.0800. The highest BCUT2D eigenvalue weighted by Crippen LogP contribution is 2.38. The van der Waals surface area contributed by atoms with E-state index in [2.05, 4.69) is 31.0 Å². The van der Waals surface area contributed by atoms with Gasteiger partial charge in [0, 0.05) is 30.7 Å². The molecule has 0 radical (unpaired) electrons. The summed E-state index contributed by atoms with van der Waals surface area (Å²) in [5.74, 6) is 0. The lowest BCUT2D eigenvalue weighted by Gasteiger charge is -2.41. The first-order chi connectivity index (χ1) is 5.63. The minimum atomic E-state index is 0.538. The first kappa shape index (κ1) is 8.52. The molecule has 0 aromatic heterocycles. The van der Waals surface area contributed by atoms with Crippen LogP contribution in [0.3, 0.4) is 0 Å². The minimum Gasteiger partial charge on any atom is -0.308 e. The van der Waals surface area contributed by atoms with Crippen LogP contribution in [0.1, 0.15) is 33.6 Å². The van der Waals surface area contributed by atoms with E-state index in [1.54, 1.807) is 0 Å². The predicted molar refractivity (Wildman–Crippen MR) is 51.3 cm³/mol. The molecule has 0 amide bonds. The lowest BCUT2D eigenvalue weighted by Crippen LogP contribution is -2.58. The van der Waals surface area contributed by atoms with Crippen LogP contribution in [0.5, 0.6) is 0 Å². The van der Waals surface area contributed by atoms with Gasteiger partial charge >= 0.3 is 0 Å². The molecule has 1 aliphatic carbocycles. The van der Waals surface area contributed by atoms with Gasteiger partial charge in [-0.15, -0.1) is 0 Å². The summed E-state index contributed by atoms with van der Waals surface area (Å²) in [7, 11) is 0. The smallest absolute Gasteiger partial charge is 0.0311 e. The number of rotatable bonds is 1. The van der Waals surface area contributed by atoms with E-state index in [0.29, 0.717) is 11.6 Å². The first-order valence-corrected chi connectivity index (χ1v) is 5.14. The Morgan fingerprint density at radius 2 is 2.08 bits per heavy atom. The Morgan fingerprint density at radius 3 is 2.58 bits per heavy atom. The summed E-state index contributed by atoms with van der Waals surface area (Å²) in [4.78, 5) is 2.63. The van der Waals surface area contributed by atoms with Gasteiger partial charge in [0.1, 0.15) is 0 Å². The highest BCUT2D eigenvalue weighted by molar-refractivity contribution is 5.08. The van der Waals surface area contributed by atoms with Crippen molar-refractivity contribution in [2.75, 3.05) is 13.1 Å². The Bertz CT molecular complexity index is 173. The van der Waals surface area contributed by atoms with Crippen molar-refractivity contribution in [1.29, 1.82) is 0 Å². The monoisotopic (exact) mass is 168 g/mol. The topological polar surface area (TPSA) is 15.3 Å². The molecule has 2 rings (SSSR count). The Kier molecular flexibility index (Phi) is 1.92. The van der Waals surface area contributed by atoms with Crippen molar-refractivity contribution in [3.63, 3.8) is 0 Å². The predicted octanol–water partition coefficient (Wildman–Crippen LogP) is 1.22. The molecule has 0 aromatic rings. The summed E-state index contributed by atoms with van der Waals surface area (Å²) in [6.07, 6.45) is 2.78. The van der Waals surface area contributed by atoms with Gasteiger partial charge in [-0.25, -0.2) is 0 Å². The molecule has 1 spiro atoms. The van der Waals surface area contributed by atoms with Crippen LogP contribution < -0.4 is 5.32 Å². The zero-order chi connectivity index (χ0) is 8.77. The maximum absolute atomic E-state index is 3.66. The Balaban J connectivity index is 2.00. The van der Waals surface area contributed by atoms with Crippen LogP contribution in [0.15, 0.2) is 0 Å². The molecule has 2 fully saturated rings. The van der Waals surface area contributed by atoms with E-state index >= 15 is 0 Å². The molecule has 1 heterocycles. The summed E-state index contributed by atoms with van der Waals surface area (Å²) in [6, 6.07) is 1.43. The van der Waals surface area contributed by atoms with Crippen molar-refractivity contribution in [2.24, 2.45) is 0 Å². The molecule has 0 aromatic carbocycles. The standard InChI is InChI=1S/C10H20N2/c1-8(2)12-7-10(4-5-10)11-6-9(12)3/h8-9,11H,4-7H2,1-3H3/t9-/m0/s1. The second-order valence-electron chi connectivity index (χ2n) is 4.78. The molecule has 2 heteroatoms. The minimum absolute atomic E-state index is 0.538.